The average molecular weight is 188 g/mol. The molecule has 0 rings (SSSR count). The zero-order valence-electron chi connectivity index (χ0n) is 9.45. The SMILES string of the molecule is CCN(C)CN(CC)CN(C)CN. The summed E-state index contributed by atoms with van der Waals surface area (Å²) in [7, 11) is 4.17. The van der Waals surface area contributed by atoms with Crippen molar-refractivity contribution in [2.24, 2.45) is 5.73 Å². The van der Waals surface area contributed by atoms with Crippen LogP contribution in [0.2, 0.25) is 0 Å². The molecule has 0 aliphatic rings. The van der Waals surface area contributed by atoms with Gasteiger partial charge in [-0.1, -0.05) is 13.8 Å². The Balaban J connectivity index is 3.74. The van der Waals surface area contributed by atoms with Crippen molar-refractivity contribution in [3.05, 3.63) is 0 Å². The first-order chi connectivity index (χ1) is 6.13. The lowest BCUT2D eigenvalue weighted by molar-refractivity contribution is 0.103. The minimum absolute atomic E-state index is 0.617. The van der Waals surface area contributed by atoms with Gasteiger partial charge in [0.2, 0.25) is 0 Å². The van der Waals surface area contributed by atoms with Crippen LogP contribution in [0.25, 0.3) is 0 Å². The predicted molar refractivity (Wildman–Crippen MR) is 57.2 cm³/mol. The molecule has 80 valence electrons. The second-order valence-electron chi connectivity index (χ2n) is 3.48. The monoisotopic (exact) mass is 188 g/mol. The Labute approximate surface area is 82.3 Å². The van der Waals surface area contributed by atoms with Gasteiger partial charge in [-0.2, -0.15) is 0 Å². The molecule has 0 aromatic carbocycles. The van der Waals surface area contributed by atoms with E-state index in [1.54, 1.807) is 0 Å². The third-order valence-electron chi connectivity index (χ3n) is 2.18. The molecule has 0 aromatic heterocycles. The Bertz CT molecular complexity index is 106. The van der Waals surface area contributed by atoms with E-state index >= 15 is 0 Å². The van der Waals surface area contributed by atoms with Crippen molar-refractivity contribution in [2.75, 3.05) is 47.2 Å². The van der Waals surface area contributed by atoms with E-state index in [1.165, 1.54) is 0 Å². The summed E-state index contributed by atoms with van der Waals surface area (Å²) in [5.41, 5.74) is 5.52. The molecule has 0 radical (unpaired) electrons. The summed E-state index contributed by atoms with van der Waals surface area (Å²) in [5.74, 6) is 0. The number of hydrogen-bond donors (Lipinski definition) is 1. The van der Waals surface area contributed by atoms with Crippen molar-refractivity contribution in [3.63, 3.8) is 0 Å². The first-order valence-electron chi connectivity index (χ1n) is 4.93. The van der Waals surface area contributed by atoms with Crippen molar-refractivity contribution in [2.45, 2.75) is 13.8 Å². The highest BCUT2D eigenvalue weighted by Crippen LogP contribution is 1.92. The van der Waals surface area contributed by atoms with E-state index in [-0.39, 0.29) is 0 Å². The van der Waals surface area contributed by atoms with Gasteiger partial charge in [0.1, 0.15) is 0 Å². The lowest BCUT2D eigenvalue weighted by Gasteiger charge is -2.29. The van der Waals surface area contributed by atoms with E-state index in [1.807, 2.05) is 7.05 Å². The van der Waals surface area contributed by atoms with Crippen molar-refractivity contribution in [1.82, 2.24) is 14.7 Å². The average Bonchev–Trinajstić information content (AvgIpc) is 2.16. The van der Waals surface area contributed by atoms with Crippen LogP contribution >= 0.6 is 0 Å². The summed E-state index contributed by atoms with van der Waals surface area (Å²) < 4.78 is 0. The molecular weight excluding hydrogens is 164 g/mol. The van der Waals surface area contributed by atoms with Crippen LogP contribution in [0.4, 0.5) is 0 Å². The smallest absolute Gasteiger partial charge is 0.0526 e. The van der Waals surface area contributed by atoms with Crippen molar-refractivity contribution in [1.29, 1.82) is 0 Å². The van der Waals surface area contributed by atoms with Gasteiger partial charge in [0.25, 0.3) is 0 Å². The molecule has 0 aromatic rings. The summed E-state index contributed by atoms with van der Waals surface area (Å²) in [6.07, 6.45) is 0. The van der Waals surface area contributed by atoms with Crippen LogP contribution in [0, 0.1) is 0 Å². The molecule has 0 saturated carbocycles. The molecule has 0 saturated heterocycles. The number of nitrogens with two attached hydrogens (primary N) is 1. The maximum absolute atomic E-state index is 5.52. The molecule has 0 aliphatic heterocycles. The van der Waals surface area contributed by atoms with Crippen LogP contribution in [0.15, 0.2) is 0 Å². The van der Waals surface area contributed by atoms with Gasteiger partial charge in [0.15, 0.2) is 0 Å². The zero-order valence-corrected chi connectivity index (χ0v) is 9.45. The highest BCUT2D eigenvalue weighted by molar-refractivity contribution is 4.54. The second-order valence-corrected chi connectivity index (χ2v) is 3.48. The highest BCUT2D eigenvalue weighted by Gasteiger charge is 2.06. The molecule has 4 nitrogen and oxygen atoms in total. The van der Waals surface area contributed by atoms with Gasteiger partial charge in [0.05, 0.1) is 13.3 Å². The van der Waals surface area contributed by atoms with Crippen LogP contribution in [0.5, 0.6) is 0 Å². The summed E-state index contributed by atoms with van der Waals surface area (Å²) in [5, 5.41) is 0. The topological polar surface area (TPSA) is 35.7 Å². The van der Waals surface area contributed by atoms with Gasteiger partial charge < -0.3 is 5.73 Å². The molecule has 0 fully saturated rings. The first kappa shape index (κ1) is 12.8. The normalized spacial score (nSPS) is 12.0. The fraction of sp³-hybridized carbons (Fsp3) is 1.00. The van der Waals surface area contributed by atoms with Gasteiger partial charge in [-0.15, -0.1) is 0 Å². The molecule has 0 unspecified atom stereocenters. The number of hydrogen-bond acceptors (Lipinski definition) is 4. The van der Waals surface area contributed by atoms with Gasteiger partial charge in [-0.05, 0) is 27.2 Å². The lowest BCUT2D eigenvalue weighted by Crippen LogP contribution is -2.43. The van der Waals surface area contributed by atoms with Crippen LogP contribution in [-0.2, 0) is 0 Å². The third kappa shape index (κ3) is 5.99. The second kappa shape index (κ2) is 7.26. The molecule has 0 aliphatic carbocycles. The van der Waals surface area contributed by atoms with Gasteiger partial charge in [-0.25, -0.2) is 0 Å². The maximum Gasteiger partial charge on any atom is 0.0526 e. The minimum Gasteiger partial charge on any atom is -0.318 e. The Morgan fingerprint density at radius 2 is 1.46 bits per heavy atom. The van der Waals surface area contributed by atoms with Crippen molar-refractivity contribution < 1.29 is 0 Å². The fourth-order valence-electron chi connectivity index (χ4n) is 1.09. The minimum atomic E-state index is 0.617. The molecule has 0 heterocycles. The number of nitrogens with zero attached hydrogens (tertiary/aromatic N) is 3. The van der Waals surface area contributed by atoms with Crippen molar-refractivity contribution >= 4 is 0 Å². The maximum atomic E-state index is 5.52. The van der Waals surface area contributed by atoms with E-state index in [9.17, 15) is 0 Å². The molecule has 0 bridgehead atoms. The van der Waals surface area contributed by atoms with E-state index in [2.05, 4.69) is 35.6 Å². The summed E-state index contributed by atoms with van der Waals surface area (Å²) >= 11 is 0. The molecule has 2 N–H and O–H groups in total. The highest BCUT2D eigenvalue weighted by atomic mass is 15.4. The summed E-state index contributed by atoms with van der Waals surface area (Å²) in [6, 6.07) is 0. The first-order valence-corrected chi connectivity index (χ1v) is 4.93. The number of rotatable bonds is 7. The van der Waals surface area contributed by atoms with Gasteiger partial charge in [-0.3, -0.25) is 14.7 Å². The molecule has 0 spiro atoms. The Hall–Kier alpha value is -0.160. The van der Waals surface area contributed by atoms with Crippen molar-refractivity contribution in [3.8, 4) is 0 Å². The zero-order chi connectivity index (χ0) is 10.3. The molecular formula is C9H24N4. The Morgan fingerprint density at radius 3 is 1.85 bits per heavy atom. The standard InChI is InChI=1S/C9H24N4/c1-5-11(3)8-13(6-2)9-12(4)7-10/h5-10H2,1-4H3. The van der Waals surface area contributed by atoms with Gasteiger partial charge >= 0.3 is 0 Å². The van der Waals surface area contributed by atoms with Crippen LogP contribution in [0.1, 0.15) is 13.8 Å². The summed E-state index contributed by atoms with van der Waals surface area (Å²) in [4.78, 5) is 6.75. The predicted octanol–water partition coefficient (Wildman–Crippen LogP) is 0.0230. The molecule has 13 heavy (non-hydrogen) atoms. The fourth-order valence-corrected chi connectivity index (χ4v) is 1.09. The van der Waals surface area contributed by atoms with Gasteiger partial charge in [0, 0.05) is 6.67 Å². The largest absolute Gasteiger partial charge is 0.318 e. The Kier molecular flexibility index (Phi) is 7.17. The van der Waals surface area contributed by atoms with Crippen LogP contribution in [0.3, 0.4) is 0 Å². The van der Waals surface area contributed by atoms with E-state index in [4.69, 9.17) is 5.73 Å². The quantitative estimate of drug-likeness (QED) is 0.572. The summed E-state index contributed by atoms with van der Waals surface area (Å²) in [6.45, 7) is 9.06. The lowest BCUT2D eigenvalue weighted by atomic mass is 10.5. The third-order valence-corrected chi connectivity index (χ3v) is 2.18. The molecule has 4 heteroatoms. The molecule has 0 amide bonds. The Morgan fingerprint density at radius 1 is 0.923 bits per heavy atom. The van der Waals surface area contributed by atoms with Crippen LogP contribution in [-0.4, -0.2) is 61.9 Å². The van der Waals surface area contributed by atoms with E-state index < -0.39 is 0 Å². The molecule has 0 atom stereocenters. The van der Waals surface area contributed by atoms with E-state index in [0.29, 0.717) is 6.67 Å². The van der Waals surface area contributed by atoms with Crippen LogP contribution < -0.4 is 5.73 Å². The van der Waals surface area contributed by atoms with E-state index in [0.717, 1.165) is 26.4 Å².